The van der Waals surface area contributed by atoms with Crippen LogP contribution in [0.1, 0.15) is 12.5 Å². The Bertz CT molecular complexity index is 1140. The van der Waals surface area contributed by atoms with E-state index in [0.717, 1.165) is 28.3 Å². The Labute approximate surface area is 193 Å². The summed E-state index contributed by atoms with van der Waals surface area (Å²) in [6, 6.07) is 15.0. The van der Waals surface area contributed by atoms with Crippen molar-refractivity contribution in [3.05, 3.63) is 71.6 Å². The maximum Gasteiger partial charge on any atom is 0.328 e. The Hall–Kier alpha value is -3.43. The number of anilines is 2. The summed E-state index contributed by atoms with van der Waals surface area (Å²) in [5, 5.41) is 16.1. The summed E-state index contributed by atoms with van der Waals surface area (Å²) in [4.78, 5) is 40.0. The number of amides is 2. The molecule has 3 aromatic rings. The Morgan fingerprint density at radius 1 is 1.03 bits per heavy atom. The molecule has 1 unspecified atom stereocenters. The fourth-order valence-corrected chi connectivity index (χ4v) is 4.19. The predicted molar refractivity (Wildman–Crippen MR) is 128 cm³/mol. The molecule has 0 aliphatic rings. The van der Waals surface area contributed by atoms with Crippen molar-refractivity contribution in [2.24, 2.45) is 0 Å². The van der Waals surface area contributed by atoms with E-state index in [9.17, 15) is 14.4 Å². The fourth-order valence-electron chi connectivity index (χ4n) is 2.60. The van der Waals surface area contributed by atoms with Gasteiger partial charge in [-0.2, -0.15) is 0 Å². The molecule has 9 heteroatoms. The van der Waals surface area contributed by atoms with Gasteiger partial charge in [0.15, 0.2) is 5.13 Å². The highest BCUT2D eigenvalue weighted by molar-refractivity contribution is 8.00. The Balaban J connectivity index is 1.54. The van der Waals surface area contributed by atoms with Crippen LogP contribution in [0.5, 0.6) is 0 Å². The number of carbonyl (C=O) groups is 3. The smallest absolute Gasteiger partial charge is 0.328 e. The normalized spacial score (nSPS) is 11.8. The van der Waals surface area contributed by atoms with Gasteiger partial charge in [0.2, 0.25) is 11.8 Å². The standard InChI is InChI=1S/C23H21N3O4S2/c1-14-3-5-16(6-4-14)19-13-31-23(25-19)26-22(30)15(2)32-18-9-7-17(8-10-18)24-20(27)11-12-21(28)29/h3-13,15H,1-2H3,(H,24,27)(H,28,29)(H,25,26,30)/b12-11+. The highest BCUT2D eigenvalue weighted by Crippen LogP contribution is 2.28. The van der Waals surface area contributed by atoms with Crippen LogP contribution in [0.15, 0.2) is 71.0 Å². The van der Waals surface area contributed by atoms with Crippen LogP contribution in [-0.2, 0) is 14.4 Å². The van der Waals surface area contributed by atoms with E-state index in [1.165, 1.54) is 28.7 Å². The summed E-state index contributed by atoms with van der Waals surface area (Å²) in [6.45, 7) is 3.83. The zero-order chi connectivity index (χ0) is 23.1. The second-order valence-electron chi connectivity index (χ2n) is 6.84. The van der Waals surface area contributed by atoms with E-state index >= 15 is 0 Å². The monoisotopic (exact) mass is 467 g/mol. The number of benzene rings is 2. The van der Waals surface area contributed by atoms with Crippen LogP contribution in [0.25, 0.3) is 11.3 Å². The van der Waals surface area contributed by atoms with E-state index in [-0.39, 0.29) is 11.2 Å². The molecule has 7 nitrogen and oxygen atoms in total. The van der Waals surface area contributed by atoms with Gasteiger partial charge in [0.1, 0.15) is 0 Å². The summed E-state index contributed by atoms with van der Waals surface area (Å²) in [6.07, 6.45) is 1.71. The number of carboxylic acids is 1. The number of carbonyl (C=O) groups excluding carboxylic acids is 2. The van der Waals surface area contributed by atoms with Crippen molar-refractivity contribution in [2.75, 3.05) is 10.6 Å². The number of thioether (sulfide) groups is 1. The molecule has 2 aromatic carbocycles. The largest absolute Gasteiger partial charge is 0.478 e. The second kappa shape index (κ2) is 10.7. The third-order valence-corrected chi connectivity index (χ3v) is 6.13. The molecule has 3 N–H and O–H groups in total. The molecular weight excluding hydrogens is 446 g/mol. The molecule has 0 aliphatic carbocycles. The highest BCUT2D eigenvalue weighted by atomic mass is 32.2. The molecule has 32 heavy (non-hydrogen) atoms. The number of rotatable bonds is 8. The van der Waals surface area contributed by atoms with Gasteiger partial charge in [-0.3, -0.25) is 9.59 Å². The van der Waals surface area contributed by atoms with Crippen LogP contribution in [0, 0.1) is 6.92 Å². The van der Waals surface area contributed by atoms with E-state index in [1.807, 2.05) is 36.6 Å². The minimum Gasteiger partial charge on any atom is -0.478 e. The predicted octanol–water partition coefficient (Wildman–Crippen LogP) is 4.82. The van der Waals surface area contributed by atoms with Gasteiger partial charge in [0.05, 0.1) is 10.9 Å². The summed E-state index contributed by atoms with van der Waals surface area (Å²) < 4.78 is 0. The molecule has 0 aliphatic heterocycles. The summed E-state index contributed by atoms with van der Waals surface area (Å²) in [7, 11) is 0. The first-order chi connectivity index (χ1) is 15.3. The van der Waals surface area contributed by atoms with Crippen LogP contribution < -0.4 is 10.6 Å². The van der Waals surface area contributed by atoms with E-state index in [4.69, 9.17) is 5.11 Å². The molecule has 0 saturated heterocycles. The van der Waals surface area contributed by atoms with E-state index in [1.54, 1.807) is 31.2 Å². The quantitative estimate of drug-likeness (QED) is 0.324. The molecule has 0 bridgehead atoms. The van der Waals surface area contributed by atoms with Crippen molar-refractivity contribution in [3.8, 4) is 11.3 Å². The zero-order valence-electron chi connectivity index (χ0n) is 17.4. The number of thiazole rings is 1. The summed E-state index contributed by atoms with van der Waals surface area (Å²) in [5.41, 5.74) is 3.52. The molecule has 1 aromatic heterocycles. The first kappa shape index (κ1) is 23.2. The van der Waals surface area contributed by atoms with Crippen LogP contribution in [0.3, 0.4) is 0 Å². The first-order valence-electron chi connectivity index (χ1n) is 9.62. The van der Waals surface area contributed by atoms with Gasteiger partial charge >= 0.3 is 5.97 Å². The molecule has 2 amide bonds. The number of hydrogen-bond donors (Lipinski definition) is 3. The maximum atomic E-state index is 12.6. The summed E-state index contributed by atoms with van der Waals surface area (Å²) in [5.74, 6) is -1.88. The molecular formula is C23H21N3O4S2. The van der Waals surface area contributed by atoms with Gasteiger partial charge in [0.25, 0.3) is 0 Å². The van der Waals surface area contributed by atoms with E-state index in [2.05, 4.69) is 15.6 Å². The van der Waals surface area contributed by atoms with Crippen LogP contribution in [0.4, 0.5) is 10.8 Å². The molecule has 1 heterocycles. The van der Waals surface area contributed by atoms with Gasteiger partial charge in [-0.05, 0) is 38.1 Å². The van der Waals surface area contributed by atoms with Crippen molar-refractivity contribution in [2.45, 2.75) is 24.0 Å². The zero-order valence-corrected chi connectivity index (χ0v) is 19.0. The molecule has 164 valence electrons. The Morgan fingerprint density at radius 2 is 1.72 bits per heavy atom. The average Bonchev–Trinajstić information content (AvgIpc) is 3.22. The second-order valence-corrected chi connectivity index (χ2v) is 9.11. The number of aliphatic carboxylic acids is 1. The van der Waals surface area contributed by atoms with E-state index in [0.29, 0.717) is 10.8 Å². The van der Waals surface area contributed by atoms with E-state index < -0.39 is 11.9 Å². The minimum atomic E-state index is -1.19. The van der Waals surface area contributed by atoms with Gasteiger partial charge in [-0.15, -0.1) is 23.1 Å². The number of nitrogens with zero attached hydrogens (tertiary/aromatic N) is 1. The first-order valence-corrected chi connectivity index (χ1v) is 11.4. The van der Waals surface area contributed by atoms with Crippen molar-refractivity contribution >= 4 is 51.7 Å². The molecule has 0 saturated carbocycles. The fraction of sp³-hybridized carbons (Fsp3) is 0.130. The number of carboxylic acid groups (broad SMARTS) is 1. The lowest BCUT2D eigenvalue weighted by Crippen LogP contribution is -2.22. The lowest BCUT2D eigenvalue weighted by molar-refractivity contribution is -0.131. The maximum absolute atomic E-state index is 12.6. The SMILES string of the molecule is Cc1ccc(-c2csc(NC(=O)C(C)Sc3ccc(NC(=O)/C=C/C(=O)O)cc3)n2)cc1. The van der Waals surface area contributed by atoms with Crippen LogP contribution in [0.2, 0.25) is 0 Å². The Morgan fingerprint density at radius 3 is 2.38 bits per heavy atom. The number of hydrogen-bond acceptors (Lipinski definition) is 6. The molecule has 0 spiro atoms. The lowest BCUT2D eigenvalue weighted by Gasteiger charge is -2.11. The van der Waals surface area contributed by atoms with Crippen molar-refractivity contribution in [1.29, 1.82) is 0 Å². The van der Waals surface area contributed by atoms with Crippen molar-refractivity contribution < 1.29 is 19.5 Å². The van der Waals surface area contributed by atoms with Crippen molar-refractivity contribution in [3.63, 3.8) is 0 Å². The van der Waals surface area contributed by atoms with Gasteiger partial charge < -0.3 is 15.7 Å². The Kier molecular flexibility index (Phi) is 7.80. The third kappa shape index (κ3) is 6.79. The van der Waals surface area contributed by atoms with Gasteiger partial charge in [-0.25, -0.2) is 9.78 Å². The molecule has 0 radical (unpaired) electrons. The molecule has 3 rings (SSSR count). The number of aromatic nitrogens is 1. The topological polar surface area (TPSA) is 108 Å². The van der Waals surface area contributed by atoms with Crippen molar-refractivity contribution in [1.82, 2.24) is 4.98 Å². The summed E-state index contributed by atoms with van der Waals surface area (Å²) >= 11 is 2.76. The number of aryl methyl sites for hydroxylation is 1. The van der Waals surface area contributed by atoms with Gasteiger partial charge in [-0.1, -0.05) is 29.8 Å². The molecule has 1 atom stereocenters. The van der Waals surface area contributed by atoms with Crippen LogP contribution >= 0.6 is 23.1 Å². The minimum absolute atomic E-state index is 0.156. The lowest BCUT2D eigenvalue weighted by atomic mass is 10.1. The van der Waals surface area contributed by atoms with Gasteiger partial charge in [0, 0.05) is 33.7 Å². The molecule has 0 fully saturated rings. The third-order valence-electron chi connectivity index (χ3n) is 4.26. The van der Waals surface area contributed by atoms with Crippen LogP contribution in [-0.4, -0.2) is 33.1 Å². The average molecular weight is 468 g/mol. The highest BCUT2D eigenvalue weighted by Gasteiger charge is 2.16. The number of nitrogens with one attached hydrogen (secondary N) is 2.